The first-order valence-electron chi connectivity index (χ1n) is 11.4. The number of nitrogens with zero attached hydrogens (tertiary/aromatic N) is 1. The van der Waals surface area contributed by atoms with Crippen molar-refractivity contribution in [2.45, 2.75) is 69.7 Å². The zero-order chi connectivity index (χ0) is 24.1. The maximum Gasteiger partial charge on any atom is 0.246 e. The Bertz CT molecular complexity index is 1130. The van der Waals surface area contributed by atoms with E-state index in [9.17, 15) is 14.7 Å². The summed E-state index contributed by atoms with van der Waals surface area (Å²) < 4.78 is 6.06. The van der Waals surface area contributed by atoms with Crippen molar-refractivity contribution in [2.24, 2.45) is 0 Å². The van der Waals surface area contributed by atoms with Gasteiger partial charge in [-0.15, -0.1) is 6.58 Å². The van der Waals surface area contributed by atoms with Crippen LogP contribution in [0.4, 0.5) is 0 Å². The molecule has 2 aliphatic rings. The largest absolute Gasteiger partial charge is 0.484 e. The zero-order valence-corrected chi connectivity index (χ0v) is 19.8. The van der Waals surface area contributed by atoms with Crippen LogP contribution < -0.4 is 10.1 Å². The van der Waals surface area contributed by atoms with Crippen molar-refractivity contribution in [3.63, 3.8) is 0 Å². The van der Waals surface area contributed by atoms with Crippen molar-refractivity contribution in [2.75, 3.05) is 6.54 Å². The first kappa shape index (κ1) is 23.1. The van der Waals surface area contributed by atoms with E-state index in [4.69, 9.17) is 4.74 Å². The number of aliphatic hydroxyl groups is 1. The molecule has 2 fully saturated rings. The molecule has 2 aliphatic heterocycles. The Kier molecular flexibility index (Phi) is 5.65. The number of amides is 2. The second kappa shape index (κ2) is 8.06. The molecule has 2 aromatic rings. The van der Waals surface area contributed by atoms with Gasteiger partial charge in [-0.1, -0.05) is 26.5 Å². The summed E-state index contributed by atoms with van der Waals surface area (Å²) in [7, 11) is 0. The molecular formula is C26H33N3O4. The number of fused-ring (bicyclic) bond motifs is 2. The van der Waals surface area contributed by atoms with Crippen molar-refractivity contribution in [1.29, 1.82) is 0 Å². The minimum Gasteiger partial charge on any atom is -0.484 e. The van der Waals surface area contributed by atoms with Gasteiger partial charge in [0.2, 0.25) is 11.8 Å². The highest BCUT2D eigenvalue weighted by Crippen LogP contribution is 2.36. The molecule has 2 amide bonds. The molecule has 3 N–H and O–H groups in total. The van der Waals surface area contributed by atoms with Crippen LogP contribution >= 0.6 is 0 Å². The van der Waals surface area contributed by atoms with Crippen molar-refractivity contribution in [1.82, 2.24) is 15.2 Å². The van der Waals surface area contributed by atoms with E-state index in [2.05, 4.69) is 37.3 Å². The predicted molar refractivity (Wildman–Crippen MR) is 128 cm³/mol. The maximum atomic E-state index is 13.2. The fourth-order valence-electron chi connectivity index (χ4n) is 4.71. The number of allylic oxidation sites excluding steroid dienone is 1. The van der Waals surface area contributed by atoms with E-state index in [1.807, 2.05) is 38.1 Å². The Labute approximate surface area is 194 Å². The van der Waals surface area contributed by atoms with Crippen LogP contribution in [0.5, 0.6) is 5.75 Å². The van der Waals surface area contributed by atoms with Crippen LogP contribution in [0.1, 0.15) is 45.4 Å². The van der Waals surface area contributed by atoms with Gasteiger partial charge in [0.15, 0.2) is 0 Å². The van der Waals surface area contributed by atoms with E-state index in [1.54, 1.807) is 6.08 Å². The molecule has 0 saturated carbocycles. The Hall–Kier alpha value is -3.06. The van der Waals surface area contributed by atoms with Crippen LogP contribution in [0.3, 0.4) is 0 Å². The number of nitrogens with one attached hydrogen (secondary N) is 2. The SMILES string of the molecule is C=CC(C)(C)Oc1ccc2c(CC3NC(=O)[C@@H]4[C@H](O)CCN4C3=O)c(C(C)(C)C=C)[nH]c2c1. The number of hydrogen-bond donors (Lipinski definition) is 3. The number of aromatic nitrogens is 1. The van der Waals surface area contributed by atoms with Gasteiger partial charge < -0.3 is 25.0 Å². The average molecular weight is 452 g/mol. The molecule has 0 aliphatic carbocycles. The number of carbonyl (C=O) groups is 2. The smallest absolute Gasteiger partial charge is 0.246 e. The lowest BCUT2D eigenvalue weighted by atomic mass is 9.84. The van der Waals surface area contributed by atoms with Gasteiger partial charge in [0.25, 0.3) is 0 Å². The fourth-order valence-corrected chi connectivity index (χ4v) is 4.71. The van der Waals surface area contributed by atoms with Crippen molar-refractivity contribution < 1.29 is 19.4 Å². The van der Waals surface area contributed by atoms with E-state index in [-0.39, 0.29) is 17.2 Å². The third-order valence-corrected chi connectivity index (χ3v) is 6.85. The molecule has 0 bridgehead atoms. The Morgan fingerprint density at radius 1 is 1.21 bits per heavy atom. The summed E-state index contributed by atoms with van der Waals surface area (Å²) in [5.74, 6) is 0.260. The molecule has 3 atom stereocenters. The summed E-state index contributed by atoms with van der Waals surface area (Å²) in [4.78, 5) is 30.9. The van der Waals surface area contributed by atoms with Crippen LogP contribution in [0, 0.1) is 0 Å². The summed E-state index contributed by atoms with van der Waals surface area (Å²) in [6, 6.07) is 4.36. The second-order valence-corrected chi connectivity index (χ2v) is 10.1. The highest BCUT2D eigenvalue weighted by Gasteiger charge is 2.48. The summed E-state index contributed by atoms with van der Waals surface area (Å²) in [6.45, 7) is 16.2. The molecule has 0 spiro atoms. The third-order valence-electron chi connectivity index (χ3n) is 6.85. The maximum absolute atomic E-state index is 13.2. The number of rotatable bonds is 7. The van der Waals surface area contributed by atoms with Gasteiger partial charge in [-0.3, -0.25) is 9.59 Å². The van der Waals surface area contributed by atoms with E-state index >= 15 is 0 Å². The van der Waals surface area contributed by atoms with Crippen LogP contribution in [0.2, 0.25) is 0 Å². The normalized spacial score (nSPS) is 23.4. The topological polar surface area (TPSA) is 94.7 Å². The molecule has 1 aromatic heterocycles. The van der Waals surface area contributed by atoms with Crippen molar-refractivity contribution >= 4 is 22.7 Å². The average Bonchev–Trinajstić information content (AvgIpc) is 3.33. The number of H-pyrrole nitrogens is 1. The van der Waals surface area contributed by atoms with Gasteiger partial charge in [0.05, 0.1) is 6.10 Å². The van der Waals surface area contributed by atoms with Crippen LogP contribution in [0.25, 0.3) is 10.9 Å². The summed E-state index contributed by atoms with van der Waals surface area (Å²) in [5.41, 5.74) is 1.89. The van der Waals surface area contributed by atoms with Gasteiger partial charge >= 0.3 is 0 Å². The molecule has 7 heteroatoms. The first-order chi connectivity index (χ1) is 15.5. The highest BCUT2D eigenvalue weighted by molar-refractivity contribution is 5.98. The summed E-state index contributed by atoms with van der Waals surface area (Å²) >= 11 is 0. The van der Waals surface area contributed by atoms with E-state index < -0.39 is 23.8 Å². The van der Waals surface area contributed by atoms with E-state index in [0.717, 1.165) is 22.2 Å². The van der Waals surface area contributed by atoms with Crippen LogP contribution in [0.15, 0.2) is 43.5 Å². The number of benzene rings is 1. The number of carbonyl (C=O) groups excluding carboxylic acids is 2. The summed E-state index contributed by atoms with van der Waals surface area (Å²) in [5, 5.41) is 13.9. The number of aliphatic hydroxyl groups excluding tert-OH is 1. The Morgan fingerprint density at radius 2 is 1.94 bits per heavy atom. The molecule has 176 valence electrons. The first-order valence-corrected chi connectivity index (χ1v) is 11.4. The van der Waals surface area contributed by atoms with Gasteiger partial charge in [0, 0.05) is 41.0 Å². The molecular weight excluding hydrogens is 418 g/mol. The molecule has 0 radical (unpaired) electrons. The van der Waals surface area contributed by atoms with E-state index in [0.29, 0.717) is 25.1 Å². The fraction of sp³-hybridized carbons (Fsp3) is 0.462. The lowest BCUT2D eigenvalue weighted by molar-refractivity contribution is -0.149. The third kappa shape index (κ3) is 4.06. The lowest BCUT2D eigenvalue weighted by Gasteiger charge is -2.35. The molecule has 33 heavy (non-hydrogen) atoms. The Morgan fingerprint density at radius 3 is 2.61 bits per heavy atom. The quantitative estimate of drug-likeness (QED) is 0.564. The van der Waals surface area contributed by atoms with Gasteiger partial charge in [-0.05, 0) is 44.0 Å². The molecule has 7 nitrogen and oxygen atoms in total. The number of hydrogen-bond acceptors (Lipinski definition) is 4. The van der Waals surface area contributed by atoms with Crippen LogP contribution in [-0.4, -0.2) is 57.1 Å². The Balaban J connectivity index is 1.73. The monoisotopic (exact) mass is 451 g/mol. The van der Waals surface area contributed by atoms with Crippen molar-refractivity contribution in [3.05, 3.63) is 54.8 Å². The molecule has 1 unspecified atom stereocenters. The minimum absolute atomic E-state index is 0.152. The zero-order valence-electron chi connectivity index (χ0n) is 19.8. The number of ether oxygens (including phenoxy) is 1. The van der Waals surface area contributed by atoms with Gasteiger partial charge in [-0.2, -0.15) is 0 Å². The van der Waals surface area contributed by atoms with Crippen LogP contribution in [-0.2, 0) is 21.4 Å². The van der Waals surface area contributed by atoms with Crippen molar-refractivity contribution in [3.8, 4) is 5.75 Å². The minimum atomic E-state index is -0.809. The molecule has 2 saturated heterocycles. The predicted octanol–water partition coefficient (Wildman–Crippen LogP) is 2.98. The highest BCUT2D eigenvalue weighted by atomic mass is 16.5. The second-order valence-electron chi connectivity index (χ2n) is 10.1. The standard InChI is InChI=1S/C26H33N3O4/c1-7-25(3,4)22-17(14-19-24(32)29-12-11-20(30)21(29)23(31)28-19)16-10-9-15(13-18(16)27-22)33-26(5,6)8-2/h7-10,13,19-21,27,30H,1-2,11-12,14H2,3-6H3,(H,28,31)/t19?,20-,21+/m1/s1. The number of piperazine rings is 1. The number of aromatic amines is 1. The van der Waals surface area contributed by atoms with Gasteiger partial charge in [-0.25, -0.2) is 0 Å². The lowest BCUT2D eigenvalue weighted by Crippen LogP contribution is -2.63. The van der Waals surface area contributed by atoms with Gasteiger partial charge in [0.1, 0.15) is 23.4 Å². The molecule has 4 rings (SSSR count). The molecule has 1 aromatic carbocycles. The van der Waals surface area contributed by atoms with E-state index in [1.165, 1.54) is 4.90 Å². The summed E-state index contributed by atoms with van der Waals surface area (Å²) in [6.07, 6.45) is 3.57. The molecule has 3 heterocycles.